The van der Waals surface area contributed by atoms with Gasteiger partial charge in [-0.05, 0) is 55.0 Å². The number of benzene rings is 1. The van der Waals surface area contributed by atoms with Crippen molar-refractivity contribution in [2.75, 3.05) is 6.26 Å². The molecule has 0 aliphatic carbocycles. The van der Waals surface area contributed by atoms with Crippen LogP contribution in [-0.4, -0.2) is 34.2 Å². The van der Waals surface area contributed by atoms with Gasteiger partial charge in [-0.25, -0.2) is 18.4 Å². The summed E-state index contributed by atoms with van der Waals surface area (Å²) < 4.78 is 25.1. The molecule has 7 nitrogen and oxygen atoms in total. The van der Waals surface area contributed by atoms with E-state index < -0.39 is 9.84 Å². The number of aromatic nitrogens is 4. The zero-order valence-electron chi connectivity index (χ0n) is 17.4. The molecule has 0 fully saturated rings. The first-order chi connectivity index (χ1) is 15.3. The fraction of sp³-hybridized carbons (Fsp3) is 0.0833. The number of rotatable bonds is 3. The fourth-order valence-electron chi connectivity index (χ4n) is 3.71. The van der Waals surface area contributed by atoms with Crippen LogP contribution in [-0.2, 0) is 9.84 Å². The fourth-order valence-corrected chi connectivity index (χ4v) is 4.26. The molecule has 0 spiro atoms. The minimum atomic E-state index is -3.39. The van der Waals surface area contributed by atoms with Crippen LogP contribution in [0.2, 0.25) is 0 Å². The second-order valence-corrected chi connectivity index (χ2v) is 9.59. The van der Waals surface area contributed by atoms with Gasteiger partial charge in [-0.3, -0.25) is 14.3 Å². The highest BCUT2D eigenvalue weighted by Gasteiger charge is 2.14. The predicted octanol–water partition coefficient (Wildman–Crippen LogP) is 3.71. The SMILES string of the molecule is Cc1cccc(-n2c(=O)ccc3cnc4ccc(-c5ccc(S(C)(=O)=O)nc5)nc4c32)c1. The van der Waals surface area contributed by atoms with E-state index in [9.17, 15) is 13.2 Å². The van der Waals surface area contributed by atoms with E-state index in [0.717, 1.165) is 22.9 Å². The van der Waals surface area contributed by atoms with E-state index in [4.69, 9.17) is 4.98 Å². The van der Waals surface area contributed by atoms with Gasteiger partial charge in [0.05, 0.1) is 16.7 Å². The lowest BCUT2D eigenvalue weighted by atomic mass is 10.1. The number of aryl methyl sites for hydroxylation is 1. The van der Waals surface area contributed by atoms with Crippen LogP contribution in [0.25, 0.3) is 38.9 Å². The smallest absolute Gasteiger partial charge is 0.255 e. The van der Waals surface area contributed by atoms with Crippen LogP contribution in [0.5, 0.6) is 0 Å². The number of hydrogen-bond acceptors (Lipinski definition) is 6. The Morgan fingerprint density at radius 2 is 1.75 bits per heavy atom. The van der Waals surface area contributed by atoms with Crippen LogP contribution in [0.4, 0.5) is 0 Å². The van der Waals surface area contributed by atoms with Gasteiger partial charge in [0.15, 0.2) is 14.9 Å². The first-order valence-electron chi connectivity index (χ1n) is 9.86. The van der Waals surface area contributed by atoms with E-state index in [1.54, 1.807) is 29.0 Å². The van der Waals surface area contributed by atoms with Gasteiger partial charge in [-0.1, -0.05) is 12.1 Å². The van der Waals surface area contributed by atoms with Crippen LogP contribution in [0.15, 0.2) is 82.9 Å². The van der Waals surface area contributed by atoms with Crippen molar-refractivity contribution in [1.82, 2.24) is 19.5 Å². The number of pyridine rings is 4. The van der Waals surface area contributed by atoms with Gasteiger partial charge in [-0.15, -0.1) is 0 Å². The van der Waals surface area contributed by atoms with Crippen molar-refractivity contribution in [2.24, 2.45) is 0 Å². The maximum absolute atomic E-state index is 12.9. The first-order valence-corrected chi connectivity index (χ1v) is 11.8. The standard InChI is InChI=1S/C24H18N4O3S/c1-15-4-3-5-18(12-15)28-22(29)11-7-17-14-25-20-9-8-19(27-23(20)24(17)28)16-6-10-21(26-13-16)32(2,30)31/h3-14H,1-2H3. The molecular formula is C24H18N4O3S. The minimum Gasteiger partial charge on any atom is -0.275 e. The monoisotopic (exact) mass is 442 g/mol. The zero-order chi connectivity index (χ0) is 22.5. The second-order valence-electron chi connectivity index (χ2n) is 7.63. The summed E-state index contributed by atoms with van der Waals surface area (Å²) in [5, 5.41) is 0.788. The summed E-state index contributed by atoms with van der Waals surface area (Å²) >= 11 is 0. The highest BCUT2D eigenvalue weighted by molar-refractivity contribution is 7.90. The molecule has 0 bridgehead atoms. The normalized spacial score (nSPS) is 11.8. The van der Waals surface area contributed by atoms with Crippen LogP contribution in [0.1, 0.15) is 5.56 Å². The molecule has 0 radical (unpaired) electrons. The number of fused-ring (bicyclic) bond motifs is 3. The Morgan fingerprint density at radius 1 is 0.906 bits per heavy atom. The third-order valence-electron chi connectivity index (χ3n) is 5.24. The van der Waals surface area contributed by atoms with E-state index >= 15 is 0 Å². The summed E-state index contributed by atoms with van der Waals surface area (Å²) in [5.41, 5.74) is 4.77. The van der Waals surface area contributed by atoms with Crippen LogP contribution in [0, 0.1) is 6.92 Å². The highest BCUT2D eigenvalue weighted by atomic mass is 32.2. The van der Waals surface area contributed by atoms with Crippen molar-refractivity contribution in [3.8, 4) is 16.9 Å². The molecule has 5 aromatic rings. The Hall–Kier alpha value is -3.91. The van der Waals surface area contributed by atoms with Crippen LogP contribution in [0.3, 0.4) is 0 Å². The van der Waals surface area contributed by atoms with E-state index in [0.29, 0.717) is 27.8 Å². The molecule has 0 amide bonds. The largest absolute Gasteiger partial charge is 0.275 e. The quantitative estimate of drug-likeness (QED) is 0.395. The molecule has 5 rings (SSSR count). The Labute approximate surface area is 184 Å². The van der Waals surface area contributed by atoms with Crippen molar-refractivity contribution in [3.05, 3.63) is 89.0 Å². The van der Waals surface area contributed by atoms with E-state index in [-0.39, 0.29) is 10.6 Å². The number of sulfone groups is 1. The molecule has 0 aliphatic heterocycles. The van der Waals surface area contributed by atoms with Gasteiger partial charge < -0.3 is 0 Å². The highest BCUT2D eigenvalue weighted by Crippen LogP contribution is 2.27. The summed E-state index contributed by atoms with van der Waals surface area (Å²) in [5.74, 6) is 0. The van der Waals surface area contributed by atoms with Crippen LogP contribution < -0.4 is 5.56 Å². The maximum atomic E-state index is 12.9. The Balaban J connectivity index is 1.79. The lowest BCUT2D eigenvalue weighted by molar-refractivity contribution is 0.598. The van der Waals surface area contributed by atoms with Crippen LogP contribution >= 0.6 is 0 Å². The Bertz CT molecular complexity index is 1670. The molecule has 1 aromatic carbocycles. The van der Waals surface area contributed by atoms with Crippen molar-refractivity contribution in [3.63, 3.8) is 0 Å². The summed E-state index contributed by atoms with van der Waals surface area (Å²) in [4.78, 5) is 26.3. The van der Waals surface area contributed by atoms with Gasteiger partial charge in [-0.2, -0.15) is 0 Å². The average Bonchev–Trinajstić information content (AvgIpc) is 2.78. The predicted molar refractivity (Wildman–Crippen MR) is 124 cm³/mol. The van der Waals surface area contributed by atoms with Crippen molar-refractivity contribution in [1.29, 1.82) is 0 Å². The van der Waals surface area contributed by atoms with E-state index in [2.05, 4.69) is 9.97 Å². The topological polar surface area (TPSA) is 94.8 Å². The van der Waals surface area contributed by atoms with Gasteiger partial charge in [0.2, 0.25) is 0 Å². The molecule has 4 aromatic heterocycles. The third kappa shape index (κ3) is 3.44. The van der Waals surface area contributed by atoms with Crippen molar-refractivity contribution in [2.45, 2.75) is 11.9 Å². The maximum Gasteiger partial charge on any atom is 0.255 e. The molecule has 0 saturated carbocycles. The molecular weight excluding hydrogens is 424 g/mol. The molecule has 4 heterocycles. The summed E-state index contributed by atoms with van der Waals surface area (Å²) in [6.45, 7) is 1.98. The van der Waals surface area contributed by atoms with Crippen molar-refractivity contribution >= 4 is 31.8 Å². The molecule has 0 N–H and O–H groups in total. The number of hydrogen-bond donors (Lipinski definition) is 0. The van der Waals surface area contributed by atoms with E-state index in [1.807, 2.05) is 37.3 Å². The van der Waals surface area contributed by atoms with E-state index in [1.165, 1.54) is 18.3 Å². The molecule has 0 unspecified atom stereocenters. The Morgan fingerprint density at radius 3 is 2.47 bits per heavy atom. The van der Waals surface area contributed by atoms with Crippen molar-refractivity contribution < 1.29 is 8.42 Å². The molecule has 0 aliphatic rings. The van der Waals surface area contributed by atoms with Gasteiger partial charge >= 0.3 is 0 Å². The molecule has 8 heteroatoms. The third-order valence-corrected chi connectivity index (χ3v) is 6.24. The Kier molecular flexibility index (Phi) is 4.60. The molecule has 158 valence electrons. The molecule has 0 saturated heterocycles. The second kappa shape index (κ2) is 7.35. The first kappa shape index (κ1) is 20.0. The van der Waals surface area contributed by atoms with Gasteiger partial charge in [0.25, 0.3) is 5.56 Å². The molecule has 32 heavy (non-hydrogen) atoms. The molecule has 0 atom stereocenters. The lowest BCUT2D eigenvalue weighted by Gasteiger charge is -2.13. The number of nitrogens with zero attached hydrogens (tertiary/aromatic N) is 4. The minimum absolute atomic E-state index is 0.00226. The summed E-state index contributed by atoms with van der Waals surface area (Å²) in [6.07, 6.45) is 4.33. The van der Waals surface area contributed by atoms with Gasteiger partial charge in [0.1, 0.15) is 5.52 Å². The lowest BCUT2D eigenvalue weighted by Crippen LogP contribution is -2.18. The summed E-state index contributed by atoms with van der Waals surface area (Å²) in [7, 11) is -3.39. The zero-order valence-corrected chi connectivity index (χ0v) is 18.2. The average molecular weight is 443 g/mol. The van der Waals surface area contributed by atoms with Gasteiger partial charge in [0, 0.05) is 41.4 Å². The summed E-state index contributed by atoms with van der Waals surface area (Å²) in [6, 6.07) is 17.8.